The van der Waals surface area contributed by atoms with E-state index in [0.717, 1.165) is 5.56 Å². The summed E-state index contributed by atoms with van der Waals surface area (Å²) in [5.74, 6) is -1.95. The summed E-state index contributed by atoms with van der Waals surface area (Å²) in [5, 5.41) is 10.5. The van der Waals surface area contributed by atoms with Crippen LogP contribution >= 0.6 is 23.4 Å². The fourth-order valence-electron chi connectivity index (χ4n) is 6.72. The molecule has 0 bridgehead atoms. The van der Waals surface area contributed by atoms with E-state index in [-0.39, 0.29) is 30.9 Å². The number of hydrogen-bond acceptors (Lipinski definition) is 5. The van der Waals surface area contributed by atoms with Gasteiger partial charge in [0.15, 0.2) is 0 Å². The van der Waals surface area contributed by atoms with Gasteiger partial charge in [-0.05, 0) is 36.8 Å². The Hall–Kier alpha value is -3.07. The molecule has 0 aliphatic carbocycles. The largest absolute Gasteiger partial charge is 0.395 e. The minimum Gasteiger partial charge on any atom is -0.395 e. The van der Waals surface area contributed by atoms with Gasteiger partial charge in [0.25, 0.3) is 5.91 Å². The number of hydrogen-bond donors (Lipinski definition) is 1. The number of carbonyl (C=O) groups excluding carboxylic acids is 3. The number of nitrogens with zero attached hydrogens (tertiary/aromatic N) is 3. The van der Waals surface area contributed by atoms with Gasteiger partial charge >= 0.3 is 0 Å². The van der Waals surface area contributed by atoms with Crippen LogP contribution in [0.3, 0.4) is 0 Å². The van der Waals surface area contributed by atoms with E-state index < -0.39 is 27.4 Å². The molecule has 4 heterocycles. The van der Waals surface area contributed by atoms with Crippen LogP contribution in [-0.4, -0.2) is 74.4 Å². The third kappa shape index (κ3) is 4.12. The van der Waals surface area contributed by atoms with Gasteiger partial charge in [-0.15, -0.1) is 11.8 Å². The average Bonchev–Trinajstić information content (AvgIpc) is 3.18. The second kappa shape index (κ2) is 9.84. The molecule has 9 heteroatoms. The van der Waals surface area contributed by atoms with E-state index in [9.17, 15) is 19.5 Å². The van der Waals surface area contributed by atoms with E-state index in [1.807, 2.05) is 55.5 Å². The van der Waals surface area contributed by atoms with Crippen LogP contribution in [0.5, 0.6) is 0 Å². The first-order valence-electron chi connectivity index (χ1n) is 13.2. The van der Waals surface area contributed by atoms with Crippen LogP contribution in [0, 0.1) is 11.8 Å². The second-order valence-corrected chi connectivity index (χ2v) is 12.9. The number of aliphatic hydroxyl groups excluding tert-OH is 1. The molecule has 2 fully saturated rings. The van der Waals surface area contributed by atoms with Crippen LogP contribution < -0.4 is 4.90 Å². The van der Waals surface area contributed by atoms with Crippen LogP contribution in [0.1, 0.15) is 12.5 Å². The quantitative estimate of drug-likeness (QED) is 0.563. The van der Waals surface area contributed by atoms with Crippen LogP contribution in [0.2, 0.25) is 5.02 Å². The molecular weight excluding hydrogens is 534 g/mol. The molecule has 0 saturated carbocycles. The number of anilines is 1. The van der Waals surface area contributed by atoms with Gasteiger partial charge in [-0.1, -0.05) is 66.2 Å². The Labute approximate surface area is 237 Å². The summed E-state index contributed by atoms with van der Waals surface area (Å²) in [7, 11) is 0. The lowest BCUT2D eigenvalue weighted by Gasteiger charge is -2.36. The highest BCUT2D eigenvalue weighted by molar-refractivity contribution is 8.02. The summed E-state index contributed by atoms with van der Waals surface area (Å²) in [5.41, 5.74) is 1.70. The molecule has 6 rings (SSSR count). The van der Waals surface area contributed by atoms with Crippen molar-refractivity contribution in [3.63, 3.8) is 0 Å². The van der Waals surface area contributed by atoms with E-state index in [4.69, 9.17) is 11.6 Å². The maximum Gasteiger partial charge on any atom is 0.251 e. The predicted octanol–water partition coefficient (Wildman–Crippen LogP) is 3.52. The molecule has 4 aliphatic rings. The summed E-state index contributed by atoms with van der Waals surface area (Å²) < 4.78 is -1.62. The Morgan fingerprint density at radius 1 is 0.923 bits per heavy atom. The summed E-state index contributed by atoms with van der Waals surface area (Å²) in [6, 6.07) is 16.0. The Morgan fingerprint density at radius 3 is 2.36 bits per heavy atom. The highest BCUT2D eigenvalue weighted by Crippen LogP contribution is 2.65. The minimum absolute atomic E-state index is 0.0253. The smallest absolute Gasteiger partial charge is 0.251 e. The molecule has 2 aromatic rings. The fourth-order valence-corrected chi connectivity index (χ4v) is 9.00. The number of thioether (sulfide) groups is 1. The van der Waals surface area contributed by atoms with Crippen LogP contribution in [0.25, 0.3) is 0 Å². The molecule has 0 aromatic heterocycles. The van der Waals surface area contributed by atoms with E-state index in [1.54, 1.807) is 45.8 Å². The number of amides is 3. The van der Waals surface area contributed by atoms with Crippen molar-refractivity contribution in [2.75, 3.05) is 31.1 Å². The average molecular weight is 564 g/mol. The van der Waals surface area contributed by atoms with Gasteiger partial charge in [0.2, 0.25) is 11.8 Å². The molecule has 1 unspecified atom stereocenters. The van der Waals surface area contributed by atoms with Gasteiger partial charge in [0, 0.05) is 41.6 Å². The third-order valence-corrected chi connectivity index (χ3v) is 10.4. The number of benzene rings is 2. The summed E-state index contributed by atoms with van der Waals surface area (Å²) >= 11 is 7.64. The zero-order chi connectivity index (χ0) is 27.4. The van der Waals surface area contributed by atoms with E-state index in [2.05, 4.69) is 6.08 Å². The molecular formula is C30H30ClN3O4S. The lowest BCUT2D eigenvalue weighted by atomic mass is 9.74. The van der Waals surface area contributed by atoms with Crippen LogP contribution in [-0.2, 0) is 20.9 Å². The summed E-state index contributed by atoms with van der Waals surface area (Å²) in [4.78, 5) is 47.7. The Balaban J connectivity index is 1.42. The van der Waals surface area contributed by atoms with Gasteiger partial charge in [-0.2, -0.15) is 0 Å². The first kappa shape index (κ1) is 26.2. The number of fused-ring (bicyclic) bond motifs is 2. The number of likely N-dealkylation sites (tertiary alicyclic amines) is 1. The number of halogens is 1. The molecule has 0 radical (unpaired) electrons. The van der Waals surface area contributed by atoms with Crippen molar-refractivity contribution in [1.29, 1.82) is 0 Å². The monoisotopic (exact) mass is 563 g/mol. The van der Waals surface area contributed by atoms with E-state index >= 15 is 0 Å². The van der Waals surface area contributed by atoms with E-state index in [1.165, 1.54) is 4.90 Å². The zero-order valence-electron chi connectivity index (χ0n) is 21.6. The fraction of sp³-hybridized carbons (Fsp3) is 0.367. The lowest BCUT2D eigenvalue weighted by Crippen LogP contribution is -2.54. The molecule has 3 amide bonds. The molecule has 2 aromatic carbocycles. The van der Waals surface area contributed by atoms with Gasteiger partial charge < -0.3 is 19.8 Å². The highest BCUT2D eigenvalue weighted by Gasteiger charge is 2.73. The first-order valence-corrected chi connectivity index (χ1v) is 14.3. The number of β-amino-alcohol motifs (C(OH)–C–C–N with tert-alkyl or cyclic N) is 1. The lowest BCUT2D eigenvalue weighted by molar-refractivity contribution is -0.144. The van der Waals surface area contributed by atoms with Gasteiger partial charge in [0.1, 0.15) is 6.04 Å². The molecule has 5 atom stereocenters. The zero-order valence-corrected chi connectivity index (χ0v) is 23.1. The molecule has 1 N–H and O–H groups in total. The number of rotatable bonds is 5. The van der Waals surface area contributed by atoms with Crippen molar-refractivity contribution in [2.24, 2.45) is 11.8 Å². The summed E-state index contributed by atoms with van der Waals surface area (Å²) in [6.45, 7) is 2.99. The Morgan fingerprint density at radius 2 is 1.64 bits per heavy atom. The van der Waals surface area contributed by atoms with E-state index in [0.29, 0.717) is 30.3 Å². The Kier molecular flexibility index (Phi) is 6.60. The van der Waals surface area contributed by atoms with Crippen molar-refractivity contribution in [3.05, 3.63) is 89.5 Å². The molecule has 202 valence electrons. The minimum atomic E-state index is -0.945. The van der Waals surface area contributed by atoms with Gasteiger partial charge in [-0.3, -0.25) is 14.4 Å². The number of carbonyl (C=O) groups is 3. The first-order chi connectivity index (χ1) is 18.8. The second-order valence-electron chi connectivity index (χ2n) is 10.7. The van der Waals surface area contributed by atoms with Crippen molar-refractivity contribution in [1.82, 2.24) is 9.80 Å². The van der Waals surface area contributed by atoms with Crippen molar-refractivity contribution >= 4 is 46.8 Å². The Bertz CT molecular complexity index is 1370. The number of aliphatic hydroxyl groups is 1. The normalized spacial score (nSPS) is 31.7. The van der Waals surface area contributed by atoms with Crippen molar-refractivity contribution in [3.8, 4) is 0 Å². The topological polar surface area (TPSA) is 81.2 Å². The maximum absolute atomic E-state index is 14.3. The van der Waals surface area contributed by atoms with Gasteiger partial charge in [0.05, 0.1) is 23.2 Å². The maximum atomic E-state index is 14.3. The van der Waals surface area contributed by atoms with Crippen molar-refractivity contribution < 1.29 is 19.5 Å². The molecule has 4 aliphatic heterocycles. The molecule has 2 saturated heterocycles. The molecule has 1 spiro atoms. The summed E-state index contributed by atoms with van der Waals surface area (Å²) in [6.07, 6.45) is 7.99. The van der Waals surface area contributed by atoms with Crippen molar-refractivity contribution in [2.45, 2.75) is 29.0 Å². The third-order valence-electron chi connectivity index (χ3n) is 8.34. The van der Waals surface area contributed by atoms with Crippen LogP contribution in [0.15, 0.2) is 78.9 Å². The SMILES string of the molecule is C[C@]12C=CCN(Cc3ccccc3)C(=O)[C@H]1[C@H]1C(=O)N(CCO)C3C(=O)N(c4ccc(Cl)cc4)CC=C[C@@]31S2. The molecule has 7 nitrogen and oxygen atoms in total. The standard InChI is InChI=1S/C30H30ClN3O4S/c1-29-13-5-15-32(19-20-7-3-2-4-8-20)26(36)23(29)24-27(37)34(17-18-35)25-28(38)33(16-6-14-30(24,25)39-29)22-11-9-21(31)10-12-22/h2-14,23-25,35H,15-19H2,1H3/t23-,24+,25?,29+,30+/m1/s1. The van der Waals surface area contributed by atoms with Gasteiger partial charge in [-0.25, -0.2) is 0 Å². The molecule has 39 heavy (non-hydrogen) atoms. The highest BCUT2D eigenvalue weighted by atomic mass is 35.5. The van der Waals surface area contributed by atoms with Crippen LogP contribution in [0.4, 0.5) is 5.69 Å². The predicted molar refractivity (Wildman–Crippen MR) is 152 cm³/mol.